The number of ether oxygens (including phenoxy) is 1. The predicted octanol–water partition coefficient (Wildman–Crippen LogP) is 5.36. The van der Waals surface area contributed by atoms with Gasteiger partial charge in [-0.15, -0.1) is 0 Å². The van der Waals surface area contributed by atoms with Crippen molar-refractivity contribution in [2.45, 2.75) is 6.92 Å². The number of pyridine rings is 1. The summed E-state index contributed by atoms with van der Waals surface area (Å²) in [5.74, 6) is 0.261. The van der Waals surface area contributed by atoms with E-state index in [0.717, 1.165) is 22.4 Å². The molecular weight excluding hydrogens is 388 g/mol. The fraction of sp³-hybridized carbons (Fsp3) is 0.0769. The minimum Gasteiger partial charge on any atom is -0.494 e. The van der Waals surface area contributed by atoms with Gasteiger partial charge in [0.05, 0.1) is 6.61 Å². The van der Waals surface area contributed by atoms with E-state index in [1.54, 1.807) is 36.4 Å². The van der Waals surface area contributed by atoms with Crippen molar-refractivity contribution in [1.82, 2.24) is 4.98 Å². The third-order valence-electron chi connectivity index (χ3n) is 4.88. The number of amides is 1. The molecule has 0 aliphatic heterocycles. The molecule has 3 aromatic carbocycles. The molecule has 0 aliphatic carbocycles. The van der Waals surface area contributed by atoms with Gasteiger partial charge < -0.3 is 15.0 Å². The highest BCUT2D eigenvalue weighted by Crippen LogP contribution is 2.23. The monoisotopic (exact) mass is 410 g/mol. The van der Waals surface area contributed by atoms with Crippen LogP contribution in [0.5, 0.6) is 5.75 Å². The quantitative estimate of drug-likeness (QED) is 0.449. The topological polar surface area (TPSA) is 71.2 Å². The molecule has 0 saturated heterocycles. The molecule has 2 N–H and O–H groups in total. The summed E-state index contributed by atoms with van der Waals surface area (Å²) in [6.45, 7) is 2.48. The molecule has 0 unspecified atom stereocenters. The smallest absolute Gasteiger partial charge is 0.261 e. The van der Waals surface area contributed by atoms with E-state index in [0.29, 0.717) is 18.0 Å². The lowest BCUT2D eigenvalue weighted by Crippen LogP contribution is -2.23. The third kappa shape index (κ3) is 4.73. The zero-order valence-electron chi connectivity index (χ0n) is 17.1. The highest BCUT2D eigenvalue weighted by Gasteiger charge is 2.12. The lowest BCUT2D eigenvalue weighted by atomic mass is 10.0. The van der Waals surface area contributed by atoms with Crippen LogP contribution in [0.3, 0.4) is 0 Å². The van der Waals surface area contributed by atoms with Crippen molar-refractivity contribution in [2.24, 2.45) is 0 Å². The molecule has 0 radical (unpaired) electrons. The van der Waals surface area contributed by atoms with Crippen LogP contribution in [0.1, 0.15) is 17.3 Å². The molecule has 31 heavy (non-hydrogen) atoms. The first-order valence-corrected chi connectivity index (χ1v) is 10.1. The summed E-state index contributed by atoms with van der Waals surface area (Å²) in [6, 6.07) is 28.3. The Morgan fingerprint density at radius 1 is 0.806 bits per heavy atom. The number of nitrogens with one attached hydrogen (secondary N) is 2. The molecule has 0 bridgehead atoms. The van der Waals surface area contributed by atoms with Gasteiger partial charge >= 0.3 is 0 Å². The molecule has 0 atom stereocenters. The van der Waals surface area contributed by atoms with E-state index < -0.39 is 11.5 Å². The van der Waals surface area contributed by atoms with Crippen molar-refractivity contribution in [2.75, 3.05) is 11.9 Å². The molecule has 0 spiro atoms. The number of anilines is 1. The van der Waals surface area contributed by atoms with Gasteiger partial charge in [0.15, 0.2) is 0 Å². The SMILES string of the molecule is CCOc1ccc(NC(=O)c2ccc(-c3ccc(-c4ccccc4)cc3)[nH]c2=O)cc1. The molecule has 0 aliphatic rings. The second-order valence-electron chi connectivity index (χ2n) is 6.97. The molecule has 1 aromatic heterocycles. The Morgan fingerprint density at radius 3 is 2.10 bits per heavy atom. The third-order valence-corrected chi connectivity index (χ3v) is 4.88. The van der Waals surface area contributed by atoms with Crippen molar-refractivity contribution >= 4 is 11.6 Å². The number of aromatic amines is 1. The van der Waals surface area contributed by atoms with Crippen LogP contribution in [0.2, 0.25) is 0 Å². The van der Waals surface area contributed by atoms with E-state index >= 15 is 0 Å². The number of hydrogen-bond donors (Lipinski definition) is 2. The lowest BCUT2D eigenvalue weighted by molar-refractivity contribution is 0.102. The fourth-order valence-corrected chi connectivity index (χ4v) is 3.29. The number of rotatable bonds is 6. The van der Waals surface area contributed by atoms with Gasteiger partial charge in [-0.25, -0.2) is 0 Å². The lowest BCUT2D eigenvalue weighted by Gasteiger charge is -2.08. The molecule has 5 heteroatoms. The number of benzene rings is 3. The molecule has 0 saturated carbocycles. The number of hydrogen-bond acceptors (Lipinski definition) is 3. The van der Waals surface area contributed by atoms with Crippen LogP contribution < -0.4 is 15.6 Å². The molecule has 1 amide bonds. The molecular formula is C26H22N2O3. The Labute approximate surface area is 180 Å². The summed E-state index contributed by atoms with van der Waals surface area (Å²) in [7, 11) is 0. The normalized spacial score (nSPS) is 10.5. The molecule has 154 valence electrons. The van der Waals surface area contributed by atoms with E-state index in [1.165, 1.54) is 0 Å². The van der Waals surface area contributed by atoms with E-state index in [1.807, 2.05) is 49.4 Å². The Hall–Kier alpha value is -4.12. The van der Waals surface area contributed by atoms with Gasteiger partial charge in [-0.1, -0.05) is 54.6 Å². The van der Waals surface area contributed by atoms with Crippen LogP contribution in [0.15, 0.2) is 95.8 Å². The maximum atomic E-state index is 12.5. The van der Waals surface area contributed by atoms with Gasteiger partial charge in [-0.3, -0.25) is 9.59 Å². The van der Waals surface area contributed by atoms with Crippen LogP contribution in [0.4, 0.5) is 5.69 Å². The van der Waals surface area contributed by atoms with Crippen LogP contribution in [-0.2, 0) is 0 Å². The van der Waals surface area contributed by atoms with Crippen LogP contribution in [-0.4, -0.2) is 17.5 Å². The van der Waals surface area contributed by atoms with Crippen LogP contribution >= 0.6 is 0 Å². The summed E-state index contributed by atoms with van der Waals surface area (Å²) in [4.78, 5) is 27.9. The van der Waals surface area contributed by atoms with E-state index in [9.17, 15) is 9.59 Å². The standard InChI is InChI=1S/C26H22N2O3/c1-2-31-22-14-12-21(13-15-22)27-25(29)23-16-17-24(28-26(23)30)20-10-8-19(9-11-20)18-6-4-3-5-7-18/h3-17H,2H2,1H3,(H,27,29)(H,28,30). The molecule has 4 aromatic rings. The minimum absolute atomic E-state index is 0.0542. The molecule has 1 heterocycles. The highest BCUT2D eigenvalue weighted by atomic mass is 16.5. The van der Waals surface area contributed by atoms with Gasteiger partial charge in [-0.05, 0) is 60.0 Å². The summed E-state index contributed by atoms with van der Waals surface area (Å²) >= 11 is 0. The Balaban J connectivity index is 1.50. The summed E-state index contributed by atoms with van der Waals surface area (Å²) < 4.78 is 5.39. The van der Waals surface area contributed by atoms with Gasteiger partial charge in [0.2, 0.25) is 0 Å². The number of carbonyl (C=O) groups is 1. The van der Waals surface area contributed by atoms with Crippen molar-refractivity contribution in [1.29, 1.82) is 0 Å². The zero-order valence-corrected chi connectivity index (χ0v) is 17.1. The Morgan fingerprint density at radius 2 is 1.45 bits per heavy atom. The summed E-state index contributed by atoms with van der Waals surface area (Å²) in [5, 5.41) is 2.74. The summed E-state index contributed by atoms with van der Waals surface area (Å²) in [5.41, 5.74) is 3.96. The minimum atomic E-state index is -0.462. The molecule has 4 rings (SSSR count). The second kappa shape index (κ2) is 9.13. The first kappa shape index (κ1) is 20.2. The molecule has 0 fully saturated rings. The largest absolute Gasteiger partial charge is 0.494 e. The van der Waals surface area contributed by atoms with Gasteiger partial charge in [-0.2, -0.15) is 0 Å². The second-order valence-corrected chi connectivity index (χ2v) is 6.97. The average Bonchev–Trinajstić information content (AvgIpc) is 2.81. The maximum Gasteiger partial charge on any atom is 0.261 e. The van der Waals surface area contributed by atoms with Crippen molar-refractivity contribution in [3.63, 3.8) is 0 Å². The van der Waals surface area contributed by atoms with Crippen LogP contribution in [0, 0.1) is 0 Å². The average molecular weight is 410 g/mol. The zero-order chi connectivity index (χ0) is 21.6. The van der Waals surface area contributed by atoms with Crippen molar-refractivity contribution < 1.29 is 9.53 Å². The maximum absolute atomic E-state index is 12.5. The van der Waals surface area contributed by atoms with Crippen molar-refractivity contribution in [3.05, 3.63) is 107 Å². The summed E-state index contributed by atoms with van der Waals surface area (Å²) in [6.07, 6.45) is 0. The Kier molecular flexibility index (Phi) is 5.94. The molecule has 5 nitrogen and oxygen atoms in total. The van der Waals surface area contributed by atoms with Gasteiger partial charge in [0, 0.05) is 11.4 Å². The van der Waals surface area contributed by atoms with E-state index in [-0.39, 0.29) is 5.56 Å². The number of carbonyl (C=O) groups excluding carboxylic acids is 1. The Bertz CT molecular complexity index is 1230. The van der Waals surface area contributed by atoms with Gasteiger partial charge in [0.25, 0.3) is 11.5 Å². The number of aromatic nitrogens is 1. The first-order valence-electron chi connectivity index (χ1n) is 10.1. The van der Waals surface area contributed by atoms with Gasteiger partial charge in [0.1, 0.15) is 11.3 Å². The predicted molar refractivity (Wildman–Crippen MR) is 123 cm³/mol. The van der Waals surface area contributed by atoms with E-state index in [2.05, 4.69) is 22.4 Å². The van der Waals surface area contributed by atoms with Crippen molar-refractivity contribution in [3.8, 4) is 28.1 Å². The first-order chi connectivity index (χ1) is 15.1. The highest BCUT2D eigenvalue weighted by molar-refractivity contribution is 6.04. The van der Waals surface area contributed by atoms with Crippen LogP contribution in [0.25, 0.3) is 22.4 Å². The van der Waals surface area contributed by atoms with E-state index in [4.69, 9.17) is 4.74 Å². The number of H-pyrrole nitrogens is 1. The fourth-order valence-electron chi connectivity index (χ4n) is 3.29.